The summed E-state index contributed by atoms with van der Waals surface area (Å²) >= 11 is 0. The van der Waals surface area contributed by atoms with Crippen molar-refractivity contribution in [2.45, 2.75) is 6.92 Å². The quantitative estimate of drug-likeness (QED) is 0.215. The van der Waals surface area contributed by atoms with Crippen LogP contribution in [0.5, 0.6) is 0 Å². The average Bonchev–Trinajstić information content (AvgIpc) is 2.03. The number of carbonyl (C=O) groups is 2. The molecule has 0 atom stereocenters. The minimum Gasteiger partial charge on any atom is -0.448 e. The predicted octanol–water partition coefficient (Wildman–Crippen LogP) is 1.06. The second-order valence-corrected chi connectivity index (χ2v) is 4.11. The monoisotopic (exact) mass is 210 g/mol. The zero-order valence-electron chi connectivity index (χ0n) is 6.86. The number of methoxy groups -OCH3 is 1. The molecule has 70 valence electrons. The maximum absolute atomic E-state index is 10.5. The number of esters is 1. The summed E-state index contributed by atoms with van der Waals surface area (Å²) in [5, 5.41) is 0. The van der Waals surface area contributed by atoms with Crippen LogP contribution in [-0.4, -0.2) is 30.7 Å². The lowest BCUT2D eigenvalue weighted by molar-refractivity contribution is -0.151. The minimum atomic E-state index is -0.791. The first-order chi connectivity index (χ1) is 5.68. The second-order valence-electron chi connectivity index (χ2n) is 1.75. The Hall–Kier alpha value is -0.200. The van der Waals surface area contributed by atoms with E-state index in [0.717, 1.165) is 0 Å². The fraction of sp³-hybridized carbons (Fsp3) is 0.667. The number of hydrogen-bond donors (Lipinski definition) is 0. The van der Waals surface area contributed by atoms with Crippen molar-refractivity contribution in [3.8, 4) is 0 Å². The van der Waals surface area contributed by atoms with E-state index in [4.69, 9.17) is 4.74 Å². The second kappa shape index (κ2) is 7.45. The van der Waals surface area contributed by atoms with Gasteiger partial charge in [0.1, 0.15) is 11.9 Å². The first-order valence-corrected chi connectivity index (χ1v) is 5.58. The molecule has 0 aromatic heterocycles. The molecular formula is C6H10O4S2. The van der Waals surface area contributed by atoms with Gasteiger partial charge in [-0.15, -0.1) is 0 Å². The van der Waals surface area contributed by atoms with Crippen molar-refractivity contribution in [3.63, 3.8) is 0 Å². The van der Waals surface area contributed by atoms with E-state index in [-0.39, 0.29) is 5.94 Å². The van der Waals surface area contributed by atoms with Crippen molar-refractivity contribution in [1.29, 1.82) is 0 Å². The molecule has 0 amide bonds. The maximum Gasteiger partial charge on any atom is 0.375 e. The zero-order chi connectivity index (χ0) is 9.40. The fourth-order valence-electron chi connectivity index (χ4n) is 0.295. The molecule has 0 aromatic carbocycles. The molecule has 0 spiro atoms. The summed E-state index contributed by atoms with van der Waals surface area (Å²) in [6.07, 6.45) is 0. The minimum absolute atomic E-state index is 0.173. The molecule has 0 N–H and O–H groups in total. The summed E-state index contributed by atoms with van der Waals surface area (Å²) in [5.74, 6) is -0.665. The molecule has 0 aliphatic rings. The zero-order valence-corrected chi connectivity index (χ0v) is 8.50. The molecule has 6 heteroatoms. The molecule has 0 aliphatic carbocycles. The van der Waals surface area contributed by atoms with Crippen molar-refractivity contribution >= 4 is 33.3 Å². The van der Waals surface area contributed by atoms with Gasteiger partial charge in [0.15, 0.2) is 0 Å². The molecule has 12 heavy (non-hydrogen) atoms. The third-order valence-electron chi connectivity index (χ3n) is 0.775. The molecular weight excluding hydrogens is 200 g/mol. The van der Waals surface area contributed by atoms with E-state index in [1.807, 2.05) is 0 Å². The third kappa shape index (κ3) is 6.51. The lowest BCUT2D eigenvalue weighted by atomic mass is 10.5. The molecule has 0 unspecified atom stereocenters. The number of ketones is 1. The molecule has 0 heterocycles. The van der Waals surface area contributed by atoms with Crippen LogP contribution in [0.4, 0.5) is 0 Å². The SMILES string of the molecule is COCSSCOC(=O)C(C)=O. The molecule has 0 bridgehead atoms. The highest BCUT2D eigenvalue weighted by atomic mass is 33.1. The van der Waals surface area contributed by atoms with Gasteiger partial charge in [0.2, 0.25) is 5.78 Å². The van der Waals surface area contributed by atoms with Crippen LogP contribution in [0.15, 0.2) is 0 Å². The summed E-state index contributed by atoms with van der Waals surface area (Å²) in [5.41, 5.74) is 0. The highest BCUT2D eigenvalue weighted by Crippen LogP contribution is 2.20. The van der Waals surface area contributed by atoms with Gasteiger partial charge in [0, 0.05) is 14.0 Å². The summed E-state index contributed by atoms with van der Waals surface area (Å²) in [7, 11) is 4.31. The molecule has 0 fully saturated rings. The molecule has 0 aromatic rings. The van der Waals surface area contributed by atoms with Gasteiger partial charge in [0.05, 0.1) is 0 Å². The highest BCUT2D eigenvalue weighted by molar-refractivity contribution is 8.76. The van der Waals surface area contributed by atoms with Gasteiger partial charge in [-0.05, 0) is 0 Å². The normalized spacial score (nSPS) is 9.50. The average molecular weight is 210 g/mol. The molecule has 0 rings (SSSR count). The Bertz CT molecular complexity index is 160. The Morgan fingerprint density at radius 2 is 1.83 bits per heavy atom. The summed E-state index contributed by atoms with van der Waals surface area (Å²) in [6.45, 7) is 1.18. The number of carbonyl (C=O) groups excluding carboxylic acids is 2. The van der Waals surface area contributed by atoms with E-state index < -0.39 is 11.8 Å². The van der Waals surface area contributed by atoms with E-state index in [1.54, 1.807) is 7.11 Å². The van der Waals surface area contributed by atoms with E-state index in [2.05, 4.69) is 4.74 Å². The highest BCUT2D eigenvalue weighted by Gasteiger charge is 2.07. The van der Waals surface area contributed by atoms with Crippen molar-refractivity contribution in [2.75, 3.05) is 19.0 Å². The molecule has 0 aliphatic heterocycles. The molecule has 0 saturated carbocycles. The Kier molecular flexibility index (Phi) is 7.33. The van der Waals surface area contributed by atoms with Crippen LogP contribution in [0.3, 0.4) is 0 Å². The van der Waals surface area contributed by atoms with Crippen molar-refractivity contribution in [1.82, 2.24) is 0 Å². The number of hydrogen-bond acceptors (Lipinski definition) is 6. The number of rotatable bonds is 6. The summed E-state index contributed by atoms with van der Waals surface area (Å²) in [4.78, 5) is 20.9. The van der Waals surface area contributed by atoms with Crippen LogP contribution < -0.4 is 0 Å². The lowest BCUT2D eigenvalue weighted by Gasteiger charge is -2.00. The Labute approximate surface area is 78.8 Å². The first-order valence-electron chi connectivity index (χ1n) is 3.09. The van der Waals surface area contributed by atoms with Crippen molar-refractivity contribution in [2.24, 2.45) is 0 Å². The topological polar surface area (TPSA) is 52.6 Å². The molecule has 4 nitrogen and oxygen atoms in total. The fourth-order valence-corrected chi connectivity index (χ4v) is 1.52. The standard InChI is InChI=1S/C6H10O4S2/c1-5(7)6(8)10-4-12-11-3-9-2/h3-4H2,1-2H3. The Balaban J connectivity index is 3.20. The van der Waals surface area contributed by atoms with Crippen LogP contribution in [-0.2, 0) is 19.1 Å². The van der Waals surface area contributed by atoms with Crippen molar-refractivity contribution < 1.29 is 19.1 Å². The van der Waals surface area contributed by atoms with Gasteiger partial charge in [-0.3, -0.25) is 4.79 Å². The van der Waals surface area contributed by atoms with Gasteiger partial charge in [-0.1, -0.05) is 21.6 Å². The smallest absolute Gasteiger partial charge is 0.375 e. The molecule has 0 radical (unpaired) electrons. The summed E-state index contributed by atoms with van der Waals surface area (Å²) < 4.78 is 9.28. The lowest BCUT2D eigenvalue weighted by Crippen LogP contribution is -2.12. The number of Topliss-reactive ketones (excluding diaryl/α,β-unsaturated/α-hetero) is 1. The van der Waals surface area contributed by atoms with E-state index in [0.29, 0.717) is 5.94 Å². The van der Waals surface area contributed by atoms with E-state index in [1.165, 1.54) is 28.5 Å². The van der Waals surface area contributed by atoms with Crippen molar-refractivity contribution in [3.05, 3.63) is 0 Å². The van der Waals surface area contributed by atoms with Gasteiger partial charge in [-0.25, -0.2) is 4.79 Å². The summed E-state index contributed by atoms with van der Waals surface area (Å²) in [6, 6.07) is 0. The van der Waals surface area contributed by atoms with Crippen LogP contribution >= 0.6 is 21.6 Å². The first kappa shape index (κ1) is 11.8. The molecule has 0 saturated heterocycles. The van der Waals surface area contributed by atoms with Gasteiger partial charge in [-0.2, -0.15) is 0 Å². The van der Waals surface area contributed by atoms with E-state index >= 15 is 0 Å². The Morgan fingerprint density at radius 1 is 1.25 bits per heavy atom. The van der Waals surface area contributed by atoms with Crippen LogP contribution in [0, 0.1) is 0 Å². The van der Waals surface area contributed by atoms with E-state index in [9.17, 15) is 9.59 Å². The van der Waals surface area contributed by atoms with Crippen LogP contribution in [0.2, 0.25) is 0 Å². The van der Waals surface area contributed by atoms with Gasteiger partial charge in [0.25, 0.3) is 0 Å². The van der Waals surface area contributed by atoms with Gasteiger partial charge >= 0.3 is 5.97 Å². The van der Waals surface area contributed by atoms with Gasteiger partial charge < -0.3 is 9.47 Å². The maximum atomic E-state index is 10.5. The predicted molar refractivity (Wildman–Crippen MR) is 48.7 cm³/mol. The van der Waals surface area contributed by atoms with Crippen LogP contribution in [0.1, 0.15) is 6.92 Å². The van der Waals surface area contributed by atoms with Crippen LogP contribution in [0.25, 0.3) is 0 Å². The largest absolute Gasteiger partial charge is 0.448 e. The Morgan fingerprint density at radius 3 is 2.33 bits per heavy atom. The number of ether oxygens (including phenoxy) is 2. The third-order valence-corrected chi connectivity index (χ3v) is 2.56.